The van der Waals surface area contributed by atoms with E-state index < -0.39 is 11.6 Å². The van der Waals surface area contributed by atoms with E-state index in [1.807, 2.05) is 30.3 Å². The number of likely N-dealkylation sites (N-methyl/N-ethyl adjacent to an activating group) is 1. The second-order valence-corrected chi connectivity index (χ2v) is 11.3. The molecule has 9 heteroatoms. The number of nitrogens with one attached hydrogen (secondary N) is 2. The highest BCUT2D eigenvalue weighted by molar-refractivity contribution is 6.13. The standard InChI is InChI=1S/C34H34F2N4O3/c1-40-12-2-3-27(40)21-43-28-5-6-29(33(20-28)37-26-10-13-42-14-11-26)34(41)9-8-32-30-18-22(4-7-31(30)38-39-32)15-23-16-24(35)19-25(36)17-23/h4-7,16-20,26-27,37H,2-3,10-15,21H2,1H3,(H,38,39)/t27-/m0/s1. The third-order valence-electron chi connectivity index (χ3n) is 8.18. The Morgan fingerprint density at radius 3 is 2.65 bits per heavy atom. The number of likely N-dealkylation sites (tertiary alicyclic amines) is 1. The zero-order valence-electron chi connectivity index (χ0n) is 24.1. The first-order valence-corrected chi connectivity index (χ1v) is 14.7. The van der Waals surface area contributed by atoms with Gasteiger partial charge in [0.2, 0.25) is 5.78 Å². The van der Waals surface area contributed by atoms with Gasteiger partial charge in [-0.15, -0.1) is 0 Å². The fraction of sp³-hybridized carbons (Fsp3) is 0.353. The van der Waals surface area contributed by atoms with Crippen LogP contribution in [0.5, 0.6) is 5.75 Å². The fourth-order valence-electron chi connectivity index (χ4n) is 5.77. The maximum atomic E-state index is 13.7. The van der Waals surface area contributed by atoms with E-state index in [0.29, 0.717) is 60.5 Å². The minimum Gasteiger partial charge on any atom is -0.492 e. The zero-order valence-corrected chi connectivity index (χ0v) is 24.1. The lowest BCUT2D eigenvalue weighted by molar-refractivity contribution is 0.0904. The second-order valence-electron chi connectivity index (χ2n) is 11.3. The van der Waals surface area contributed by atoms with E-state index in [1.165, 1.54) is 18.6 Å². The number of H-pyrrole nitrogens is 1. The summed E-state index contributed by atoms with van der Waals surface area (Å²) in [5, 5.41) is 11.5. The molecule has 0 aliphatic carbocycles. The first kappa shape index (κ1) is 28.8. The summed E-state index contributed by atoms with van der Waals surface area (Å²) in [5.74, 6) is 4.86. The molecule has 0 unspecified atom stereocenters. The number of aromatic amines is 1. The number of hydrogen-bond donors (Lipinski definition) is 2. The molecule has 2 fully saturated rings. The molecule has 2 aliphatic heterocycles. The summed E-state index contributed by atoms with van der Waals surface area (Å²) in [4.78, 5) is 15.8. The van der Waals surface area contributed by atoms with Gasteiger partial charge < -0.3 is 19.7 Å². The van der Waals surface area contributed by atoms with Gasteiger partial charge in [-0.25, -0.2) is 8.78 Å². The Balaban J connectivity index is 1.23. The molecule has 0 amide bonds. The normalized spacial score (nSPS) is 17.5. The molecule has 1 aromatic heterocycles. The van der Waals surface area contributed by atoms with Crippen LogP contribution in [0.25, 0.3) is 10.9 Å². The summed E-state index contributed by atoms with van der Waals surface area (Å²) >= 11 is 0. The van der Waals surface area contributed by atoms with E-state index in [1.54, 1.807) is 6.07 Å². The Kier molecular flexibility index (Phi) is 8.68. The number of rotatable bonds is 8. The maximum absolute atomic E-state index is 13.7. The zero-order chi connectivity index (χ0) is 29.8. The first-order valence-electron chi connectivity index (χ1n) is 14.7. The van der Waals surface area contributed by atoms with Crippen LogP contribution >= 0.6 is 0 Å². The third-order valence-corrected chi connectivity index (χ3v) is 8.18. The molecule has 3 aromatic carbocycles. The van der Waals surface area contributed by atoms with Gasteiger partial charge in [0.1, 0.15) is 29.7 Å². The minimum absolute atomic E-state index is 0.185. The molecule has 3 heterocycles. The number of carbonyl (C=O) groups is 1. The van der Waals surface area contributed by atoms with Gasteiger partial charge in [0, 0.05) is 48.5 Å². The van der Waals surface area contributed by atoms with Crippen LogP contribution in [0, 0.1) is 23.5 Å². The van der Waals surface area contributed by atoms with Crippen LogP contribution in [-0.4, -0.2) is 66.4 Å². The second kappa shape index (κ2) is 12.9. The van der Waals surface area contributed by atoms with Crippen molar-refractivity contribution in [1.82, 2.24) is 15.1 Å². The van der Waals surface area contributed by atoms with Crippen LogP contribution in [0.3, 0.4) is 0 Å². The number of nitrogens with zero attached hydrogens (tertiary/aromatic N) is 2. The minimum atomic E-state index is -0.615. The topological polar surface area (TPSA) is 79.5 Å². The number of ketones is 1. The predicted molar refractivity (Wildman–Crippen MR) is 162 cm³/mol. The van der Waals surface area contributed by atoms with Gasteiger partial charge in [0.05, 0.1) is 11.1 Å². The number of fused-ring (bicyclic) bond motifs is 1. The lowest BCUT2D eigenvalue weighted by Gasteiger charge is -2.25. The number of anilines is 1. The number of ether oxygens (including phenoxy) is 2. The van der Waals surface area contributed by atoms with E-state index in [9.17, 15) is 13.6 Å². The number of hydrogen-bond acceptors (Lipinski definition) is 6. The fourth-order valence-corrected chi connectivity index (χ4v) is 5.77. The average Bonchev–Trinajstić information content (AvgIpc) is 3.60. The summed E-state index contributed by atoms with van der Waals surface area (Å²) in [5.41, 5.74) is 3.71. The highest BCUT2D eigenvalue weighted by atomic mass is 19.1. The molecule has 43 heavy (non-hydrogen) atoms. The Morgan fingerprint density at radius 2 is 1.88 bits per heavy atom. The van der Waals surface area contributed by atoms with Crippen molar-refractivity contribution in [3.05, 3.63) is 88.6 Å². The van der Waals surface area contributed by atoms with Gasteiger partial charge in [-0.1, -0.05) is 6.07 Å². The Labute approximate surface area is 249 Å². The molecule has 1 atom stereocenters. The van der Waals surface area contributed by atoms with Crippen LogP contribution < -0.4 is 10.1 Å². The third kappa shape index (κ3) is 7.04. The van der Waals surface area contributed by atoms with Crippen LogP contribution in [0.15, 0.2) is 54.6 Å². The van der Waals surface area contributed by atoms with Crippen molar-refractivity contribution in [2.45, 2.75) is 44.2 Å². The molecule has 0 spiro atoms. The Morgan fingerprint density at radius 1 is 1.07 bits per heavy atom. The predicted octanol–water partition coefficient (Wildman–Crippen LogP) is 5.73. The SMILES string of the molecule is CN1CCC[C@H]1COc1ccc(C(=O)C#Cc2n[nH]c3ccc(Cc4cc(F)cc(F)c4)cc23)c(NC2CCOCC2)c1. The van der Waals surface area contributed by atoms with Crippen LogP contribution in [-0.2, 0) is 11.2 Å². The van der Waals surface area contributed by atoms with Gasteiger partial charge in [0.15, 0.2) is 0 Å². The molecule has 2 N–H and O–H groups in total. The molecule has 2 saturated heterocycles. The molecular weight excluding hydrogens is 550 g/mol. The van der Waals surface area contributed by atoms with E-state index in [-0.39, 0.29) is 11.8 Å². The maximum Gasteiger partial charge on any atom is 0.238 e. The molecule has 7 nitrogen and oxygen atoms in total. The van der Waals surface area contributed by atoms with Crippen molar-refractivity contribution in [2.24, 2.45) is 0 Å². The summed E-state index contributed by atoms with van der Waals surface area (Å²) in [6, 6.07) is 15.1. The van der Waals surface area contributed by atoms with Crippen molar-refractivity contribution in [2.75, 3.05) is 38.7 Å². The first-order chi connectivity index (χ1) is 20.9. The van der Waals surface area contributed by atoms with Crippen LogP contribution in [0.1, 0.15) is 52.9 Å². The number of aromatic nitrogens is 2. The summed E-state index contributed by atoms with van der Waals surface area (Å²) in [6.07, 6.45) is 4.33. The highest BCUT2D eigenvalue weighted by Gasteiger charge is 2.22. The molecule has 6 rings (SSSR count). The van der Waals surface area contributed by atoms with Gasteiger partial charge in [-0.3, -0.25) is 9.89 Å². The van der Waals surface area contributed by atoms with Crippen molar-refractivity contribution >= 4 is 22.4 Å². The van der Waals surface area contributed by atoms with Crippen LogP contribution in [0.2, 0.25) is 0 Å². The van der Waals surface area contributed by atoms with E-state index in [2.05, 4.69) is 39.3 Å². The van der Waals surface area contributed by atoms with Crippen molar-refractivity contribution in [3.63, 3.8) is 0 Å². The van der Waals surface area contributed by atoms with Gasteiger partial charge in [-0.2, -0.15) is 5.10 Å². The lowest BCUT2D eigenvalue weighted by atomic mass is 10.0. The number of Topliss-reactive ketones (excluding diaryl/α,β-unsaturated/α-hetero) is 1. The van der Waals surface area contributed by atoms with Crippen LogP contribution in [0.4, 0.5) is 14.5 Å². The Bertz CT molecular complexity index is 1670. The van der Waals surface area contributed by atoms with Gasteiger partial charge >= 0.3 is 0 Å². The quantitative estimate of drug-likeness (QED) is 0.204. The summed E-state index contributed by atoms with van der Waals surface area (Å²) < 4.78 is 39.0. The van der Waals surface area contributed by atoms with Gasteiger partial charge in [0.25, 0.3) is 0 Å². The number of carbonyl (C=O) groups excluding carboxylic acids is 1. The average molecular weight is 585 g/mol. The molecule has 0 saturated carbocycles. The molecule has 0 bridgehead atoms. The summed E-state index contributed by atoms with van der Waals surface area (Å²) in [6.45, 7) is 3.03. The van der Waals surface area contributed by atoms with Crippen molar-refractivity contribution in [1.29, 1.82) is 0 Å². The van der Waals surface area contributed by atoms with Gasteiger partial charge in [-0.05, 0) is 105 Å². The molecular formula is C34H34F2N4O3. The Hall–Kier alpha value is -4.26. The number of benzene rings is 3. The molecule has 222 valence electrons. The number of halogens is 2. The highest BCUT2D eigenvalue weighted by Crippen LogP contribution is 2.27. The largest absolute Gasteiger partial charge is 0.492 e. The molecule has 2 aliphatic rings. The summed E-state index contributed by atoms with van der Waals surface area (Å²) in [7, 11) is 2.12. The lowest BCUT2D eigenvalue weighted by Crippen LogP contribution is -2.30. The van der Waals surface area contributed by atoms with E-state index in [0.717, 1.165) is 48.3 Å². The monoisotopic (exact) mass is 584 g/mol. The van der Waals surface area contributed by atoms with Crippen molar-refractivity contribution in [3.8, 4) is 17.6 Å². The molecule has 0 radical (unpaired) electrons. The van der Waals surface area contributed by atoms with E-state index in [4.69, 9.17) is 9.47 Å². The smallest absolute Gasteiger partial charge is 0.238 e. The van der Waals surface area contributed by atoms with E-state index >= 15 is 0 Å². The van der Waals surface area contributed by atoms with Crippen molar-refractivity contribution < 1.29 is 23.0 Å². The molecule has 4 aromatic rings.